The summed E-state index contributed by atoms with van der Waals surface area (Å²) in [5.74, 6) is -1.09. The molecule has 9 nitrogen and oxygen atoms in total. The first-order valence-electron chi connectivity index (χ1n) is 9.79. The monoisotopic (exact) mass is 534 g/mol. The summed E-state index contributed by atoms with van der Waals surface area (Å²) < 4.78 is 6.50. The second kappa shape index (κ2) is 9.43. The summed E-state index contributed by atoms with van der Waals surface area (Å²) >= 11 is 10.4. The standard InChI is InChI=1S/C19H24BrClN4O5S/c1-4-19(2)17(28)25(18(29)23-19)9-14(26)24-8-11(30-3)5-10(24)7-22-16(27)15-12(20)6-13(21)31-15/h6,10-11H,4-5,7-9H2,1-3H3,(H,22,27)(H,23,29)/t10-,11-,19?/m0/s1. The van der Waals surface area contributed by atoms with Crippen LogP contribution in [-0.4, -0.2) is 78.0 Å². The first-order valence-corrected chi connectivity index (χ1v) is 11.8. The SMILES string of the molecule is CCC1(C)NC(=O)N(CC(=O)N2C[C@@H](OC)C[C@H]2CNC(=O)c2sc(Cl)cc2Br)C1=O. The van der Waals surface area contributed by atoms with Crippen molar-refractivity contribution in [3.8, 4) is 0 Å². The van der Waals surface area contributed by atoms with Crippen molar-refractivity contribution in [1.82, 2.24) is 20.4 Å². The molecule has 2 saturated heterocycles. The summed E-state index contributed by atoms with van der Waals surface area (Å²) in [6.45, 7) is 3.61. The lowest BCUT2D eigenvalue weighted by Crippen LogP contribution is -2.49. The average Bonchev–Trinajstić information content (AvgIpc) is 3.36. The average molecular weight is 536 g/mol. The number of likely N-dealkylation sites (tertiary alicyclic amines) is 1. The fourth-order valence-corrected chi connectivity index (χ4v) is 5.66. The molecule has 3 rings (SSSR count). The number of rotatable bonds is 7. The van der Waals surface area contributed by atoms with Gasteiger partial charge in [-0.05, 0) is 41.8 Å². The number of methoxy groups -OCH3 is 1. The first-order chi connectivity index (χ1) is 14.6. The van der Waals surface area contributed by atoms with E-state index < -0.39 is 17.5 Å². The molecule has 3 heterocycles. The Morgan fingerprint density at radius 1 is 1.45 bits per heavy atom. The van der Waals surface area contributed by atoms with Crippen LogP contribution in [0.3, 0.4) is 0 Å². The molecule has 0 saturated carbocycles. The van der Waals surface area contributed by atoms with Gasteiger partial charge in [-0.3, -0.25) is 19.3 Å². The third kappa shape index (κ3) is 4.89. The highest BCUT2D eigenvalue weighted by atomic mass is 79.9. The van der Waals surface area contributed by atoms with Gasteiger partial charge in [-0.15, -0.1) is 11.3 Å². The van der Waals surface area contributed by atoms with E-state index in [1.165, 1.54) is 0 Å². The van der Waals surface area contributed by atoms with Gasteiger partial charge in [0, 0.05) is 24.7 Å². The van der Waals surface area contributed by atoms with Crippen molar-refractivity contribution in [2.45, 2.75) is 44.4 Å². The molecule has 0 spiro atoms. The van der Waals surface area contributed by atoms with E-state index in [1.54, 1.807) is 31.9 Å². The normalized spacial score (nSPS) is 25.8. The molecule has 2 fully saturated rings. The number of halogens is 2. The molecule has 2 aliphatic rings. The van der Waals surface area contributed by atoms with Crippen molar-refractivity contribution >= 4 is 62.6 Å². The zero-order chi connectivity index (χ0) is 22.9. The van der Waals surface area contributed by atoms with Gasteiger partial charge in [0.25, 0.3) is 11.8 Å². The molecule has 1 unspecified atom stereocenters. The molecule has 2 aliphatic heterocycles. The van der Waals surface area contributed by atoms with Crippen LogP contribution in [0.15, 0.2) is 10.5 Å². The molecule has 170 valence electrons. The Balaban J connectivity index is 1.66. The van der Waals surface area contributed by atoms with E-state index in [9.17, 15) is 19.2 Å². The van der Waals surface area contributed by atoms with Crippen molar-refractivity contribution in [3.05, 3.63) is 19.8 Å². The van der Waals surface area contributed by atoms with Crippen LogP contribution < -0.4 is 10.6 Å². The third-order valence-electron chi connectivity index (χ3n) is 5.74. The van der Waals surface area contributed by atoms with Gasteiger partial charge in [-0.1, -0.05) is 18.5 Å². The number of carbonyl (C=O) groups is 4. The second-order valence-electron chi connectivity index (χ2n) is 7.74. The van der Waals surface area contributed by atoms with Gasteiger partial charge in [0.05, 0.1) is 16.5 Å². The van der Waals surface area contributed by atoms with Crippen LogP contribution in [0.4, 0.5) is 4.79 Å². The van der Waals surface area contributed by atoms with E-state index in [4.69, 9.17) is 16.3 Å². The van der Waals surface area contributed by atoms with Gasteiger partial charge in [0.15, 0.2) is 0 Å². The molecule has 0 aromatic carbocycles. The number of nitrogens with one attached hydrogen (secondary N) is 2. The fraction of sp³-hybridized carbons (Fsp3) is 0.579. The number of amides is 5. The van der Waals surface area contributed by atoms with Crippen molar-refractivity contribution in [2.75, 3.05) is 26.7 Å². The van der Waals surface area contributed by atoms with Gasteiger partial charge in [0.1, 0.15) is 17.0 Å². The van der Waals surface area contributed by atoms with Crippen LogP contribution in [0.5, 0.6) is 0 Å². The van der Waals surface area contributed by atoms with E-state index in [2.05, 4.69) is 26.6 Å². The predicted molar refractivity (Wildman–Crippen MR) is 119 cm³/mol. The zero-order valence-electron chi connectivity index (χ0n) is 17.4. The number of nitrogens with zero attached hydrogens (tertiary/aromatic N) is 2. The topological polar surface area (TPSA) is 108 Å². The maximum absolute atomic E-state index is 13.0. The van der Waals surface area contributed by atoms with Gasteiger partial charge in [-0.25, -0.2) is 4.79 Å². The highest BCUT2D eigenvalue weighted by molar-refractivity contribution is 9.10. The van der Waals surface area contributed by atoms with E-state index in [1.807, 2.05) is 0 Å². The second-order valence-corrected chi connectivity index (χ2v) is 10.3. The molecule has 3 atom stereocenters. The summed E-state index contributed by atoms with van der Waals surface area (Å²) in [5, 5.41) is 5.47. The van der Waals surface area contributed by atoms with E-state index in [0.717, 1.165) is 16.2 Å². The summed E-state index contributed by atoms with van der Waals surface area (Å²) in [7, 11) is 1.56. The number of hydrogen-bond donors (Lipinski definition) is 2. The van der Waals surface area contributed by atoms with Gasteiger partial charge < -0.3 is 20.3 Å². The van der Waals surface area contributed by atoms with E-state index in [0.29, 0.717) is 33.1 Å². The minimum atomic E-state index is -1.000. The number of thiophene rings is 1. The zero-order valence-corrected chi connectivity index (χ0v) is 20.5. The summed E-state index contributed by atoms with van der Waals surface area (Å²) in [6, 6.07) is 0.749. The smallest absolute Gasteiger partial charge is 0.325 e. The molecule has 0 bridgehead atoms. The Morgan fingerprint density at radius 3 is 2.71 bits per heavy atom. The molecule has 1 aromatic heterocycles. The Kier molecular flexibility index (Phi) is 7.29. The van der Waals surface area contributed by atoms with Crippen molar-refractivity contribution in [1.29, 1.82) is 0 Å². The Hall–Kier alpha value is -1.69. The highest BCUT2D eigenvalue weighted by Crippen LogP contribution is 2.31. The molecule has 12 heteroatoms. The summed E-state index contributed by atoms with van der Waals surface area (Å²) in [4.78, 5) is 53.3. The maximum atomic E-state index is 13.0. The maximum Gasteiger partial charge on any atom is 0.325 e. The van der Waals surface area contributed by atoms with Crippen LogP contribution in [0.2, 0.25) is 4.34 Å². The molecule has 31 heavy (non-hydrogen) atoms. The lowest BCUT2D eigenvalue weighted by atomic mass is 9.99. The number of hydrogen-bond acceptors (Lipinski definition) is 6. The predicted octanol–water partition coefficient (Wildman–Crippen LogP) is 2.23. The quantitative estimate of drug-likeness (QED) is 0.521. The molecule has 1 aromatic rings. The lowest BCUT2D eigenvalue weighted by Gasteiger charge is -2.26. The Morgan fingerprint density at radius 2 is 2.16 bits per heavy atom. The minimum Gasteiger partial charge on any atom is -0.380 e. The highest BCUT2D eigenvalue weighted by Gasteiger charge is 2.48. The van der Waals surface area contributed by atoms with Gasteiger partial charge in [-0.2, -0.15) is 0 Å². The number of imide groups is 1. The van der Waals surface area contributed by atoms with Crippen LogP contribution in [0.1, 0.15) is 36.4 Å². The van der Waals surface area contributed by atoms with Crippen molar-refractivity contribution < 1.29 is 23.9 Å². The Labute approximate surface area is 197 Å². The number of urea groups is 1. The van der Waals surface area contributed by atoms with Crippen molar-refractivity contribution in [3.63, 3.8) is 0 Å². The number of carbonyl (C=O) groups excluding carboxylic acids is 4. The van der Waals surface area contributed by atoms with Crippen LogP contribution in [-0.2, 0) is 14.3 Å². The minimum absolute atomic E-state index is 0.196. The Bertz CT molecular complexity index is 912. The van der Waals surface area contributed by atoms with Crippen LogP contribution in [0.25, 0.3) is 0 Å². The third-order valence-corrected chi connectivity index (χ3v) is 7.89. The molecule has 0 aliphatic carbocycles. The summed E-state index contributed by atoms with van der Waals surface area (Å²) in [5.41, 5.74) is -1.000. The number of ether oxygens (including phenoxy) is 1. The lowest BCUT2D eigenvalue weighted by molar-refractivity contribution is -0.139. The van der Waals surface area contributed by atoms with E-state index in [-0.39, 0.29) is 37.0 Å². The molecular weight excluding hydrogens is 512 g/mol. The van der Waals surface area contributed by atoms with Crippen molar-refractivity contribution in [2.24, 2.45) is 0 Å². The molecular formula is C19H24BrClN4O5S. The molecule has 5 amide bonds. The first kappa shape index (κ1) is 24.0. The summed E-state index contributed by atoms with van der Waals surface area (Å²) in [6.07, 6.45) is 0.758. The van der Waals surface area contributed by atoms with E-state index >= 15 is 0 Å². The largest absolute Gasteiger partial charge is 0.380 e. The fourth-order valence-electron chi connectivity index (χ4n) is 3.69. The molecule has 0 radical (unpaired) electrons. The van der Waals surface area contributed by atoms with Crippen LogP contribution in [0, 0.1) is 0 Å². The van der Waals surface area contributed by atoms with Gasteiger partial charge in [0.2, 0.25) is 5.91 Å². The molecule has 2 N–H and O–H groups in total. The van der Waals surface area contributed by atoms with Gasteiger partial charge >= 0.3 is 6.03 Å². The van der Waals surface area contributed by atoms with Crippen LogP contribution >= 0.6 is 38.9 Å².